The first-order valence-corrected chi connectivity index (χ1v) is 44.2. The van der Waals surface area contributed by atoms with Crippen molar-refractivity contribution in [3.8, 4) is 39.8 Å². The molecule has 596 valence electrons. The fourth-order valence-electron chi connectivity index (χ4n) is 20.3. The van der Waals surface area contributed by atoms with Gasteiger partial charge in [0.2, 0.25) is 0 Å². The van der Waals surface area contributed by atoms with Gasteiger partial charge in [0.25, 0.3) is 0 Å². The van der Waals surface area contributed by atoms with Crippen molar-refractivity contribution in [3.63, 3.8) is 0 Å². The molecule has 0 unspecified atom stereocenters. The maximum Gasteiger partial charge on any atom is 0.0641 e. The molecule has 7 nitrogen and oxygen atoms in total. The van der Waals surface area contributed by atoms with Crippen molar-refractivity contribution in [2.24, 2.45) is 0 Å². The van der Waals surface area contributed by atoms with Gasteiger partial charge in [0.15, 0.2) is 0 Å². The lowest BCUT2D eigenvalue weighted by molar-refractivity contribution is 1.17. The van der Waals surface area contributed by atoms with Crippen molar-refractivity contribution >= 4 is 184 Å². The van der Waals surface area contributed by atoms with Crippen molar-refractivity contribution in [1.82, 2.24) is 32.0 Å². The van der Waals surface area contributed by atoms with Gasteiger partial charge in [0, 0.05) is 135 Å². The fourth-order valence-corrected chi connectivity index (χ4v) is 21.5. The molecule has 27 rings (SSSR count). The highest BCUT2D eigenvalue weighted by Crippen LogP contribution is 2.48. The van der Waals surface area contributed by atoms with E-state index in [0.717, 1.165) is 0 Å². The SMILES string of the molecule is Cc1ccc(-n2c3ccccc3c3c2ccc2c4ccccc4n(-c4ccccc4)c23)cc1.Cc1ccc2c(c1)c1c3c4ccccc4n(-c4ccccc4)c3ccc1n2-c1ccccc1.Cc1ccc2c(c1)sc1cc3c(cc12)c1ccccc1n3-c1ccccc1.Cc1ccc2c3c(ccc4c5ccccc5n(-c5ccccc5)c43)n(-c3ccccc3)c2c1. The summed E-state index contributed by atoms with van der Waals surface area (Å²) in [6.07, 6.45) is 0. The topological polar surface area (TPSA) is 34.5 Å². The zero-order valence-corrected chi connectivity index (χ0v) is 70.8. The van der Waals surface area contributed by atoms with Crippen molar-refractivity contribution in [1.29, 1.82) is 0 Å². The first-order valence-electron chi connectivity index (χ1n) is 43.4. The molecule has 0 aliphatic carbocycles. The summed E-state index contributed by atoms with van der Waals surface area (Å²) in [5.41, 5.74) is 30.9. The Kier molecular flexibility index (Phi) is 17.6. The highest BCUT2D eigenvalue weighted by atomic mass is 32.1. The standard InChI is InChI=1S/3C31H22N2.C25H17NS/c1-21-16-17-27-25(20-21)31-29(33(27)23-12-6-3-7-13-23)19-18-28-30(31)24-14-8-9-15-26(24)32(28)22-10-4-2-5-11-22;1-21-16-17-26-29(20-21)32(22-10-4-2-5-11-22)28-19-18-25-24-14-8-9-15-27(24)33(31(25)30(26)28)23-12-6-3-7-13-23;1-21-15-17-23(18-16-21)32-28-14-8-6-12-26(28)30-29(32)20-19-25-24-11-5-7-13-27(24)33(31(25)30)22-9-3-2-4-10-22;1-16-11-12-19-21-14-20-18-9-5-6-10-22(18)26(17-7-3-2-4-8-17)23(20)15-25(21)27-24(19)13-16/h3*2-20H,1H3;2-15H,1H3. The molecule has 8 aromatic heterocycles. The molecule has 0 atom stereocenters. The van der Waals surface area contributed by atoms with Gasteiger partial charge in [-0.1, -0.05) is 266 Å². The Morgan fingerprint density at radius 1 is 0.143 bits per heavy atom. The second kappa shape index (κ2) is 30.0. The van der Waals surface area contributed by atoms with Gasteiger partial charge in [-0.3, -0.25) is 0 Å². The molecule has 0 saturated heterocycles. The first kappa shape index (κ1) is 73.9. The number of fused-ring (bicyclic) bond motifs is 27. The summed E-state index contributed by atoms with van der Waals surface area (Å²) < 4.78 is 19.6. The van der Waals surface area contributed by atoms with E-state index in [1.807, 2.05) is 11.3 Å². The van der Waals surface area contributed by atoms with Crippen LogP contribution in [-0.2, 0) is 0 Å². The molecule has 27 aromatic rings. The summed E-state index contributed by atoms with van der Waals surface area (Å²) in [5, 5.41) is 20.9. The summed E-state index contributed by atoms with van der Waals surface area (Å²) in [4.78, 5) is 0. The van der Waals surface area contributed by atoms with Crippen LogP contribution in [-0.4, -0.2) is 32.0 Å². The van der Waals surface area contributed by atoms with E-state index in [1.54, 1.807) is 0 Å². The molecular formula is C118H83N7S. The molecule has 8 heteroatoms. The zero-order chi connectivity index (χ0) is 83.8. The van der Waals surface area contributed by atoms with Gasteiger partial charge >= 0.3 is 0 Å². The Morgan fingerprint density at radius 2 is 0.413 bits per heavy atom. The summed E-state index contributed by atoms with van der Waals surface area (Å²) in [6.45, 7) is 8.65. The van der Waals surface area contributed by atoms with Gasteiger partial charge in [-0.25, -0.2) is 0 Å². The molecule has 19 aromatic carbocycles. The minimum Gasteiger partial charge on any atom is -0.309 e. The molecule has 0 aliphatic heterocycles. The normalized spacial score (nSPS) is 11.8. The third-order valence-corrected chi connectivity index (χ3v) is 26.8. The molecule has 126 heavy (non-hydrogen) atoms. The lowest BCUT2D eigenvalue weighted by atomic mass is 10.0. The first-order chi connectivity index (χ1) is 62.2. The van der Waals surface area contributed by atoms with Crippen LogP contribution < -0.4 is 0 Å². The van der Waals surface area contributed by atoms with Crippen molar-refractivity contribution < 1.29 is 0 Å². The van der Waals surface area contributed by atoms with E-state index in [9.17, 15) is 0 Å². The molecule has 0 spiro atoms. The molecule has 0 saturated carbocycles. The van der Waals surface area contributed by atoms with Gasteiger partial charge in [0.1, 0.15) is 0 Å². The van der Waals surface area contributed by atoms with E-state index >= 15 is 0 Å². The Morgan fingerprint density at radius 3 is 0.881 bits per heavy atom. The van der Waals surface area contributed by atoms with E-state index in [2.05, 4.69) is 490 Å². The average Bonchev–Trinajstić information content (AvgIpc) is 1.56. The fraction of sp³-hybridized carbons (Fsp3) is 0.0339. The number of para-hydroxylation sites is 11. The summed E-state index contributed by atoms with van der Waals surface area (Å²) in [7, 11) is 0. The number of rotatable bonds is 7. The number of nitrogens with zero attached hydrogens (tertiary/aromatic N) is 7. The third kappa shape index (κ3) is 11.9. The second-order valence-corrected chi connectivity index (χ2v) is 34.4. The highest BCUT2D eigenvalue weighted by Gasteiger charge is 2.26. The van der Waals surface area contributed by atoms with Crippen molar-refractivity contribution in [2.75, 3.05) is 0 Å². The van der Waals surface area contributed by atoms with Crippen molar-refractivity contribution in [2.45, 2.75) is 27.7 Å². The van der Waals surface area contributed by atoms with Crippen LogP contribution in [0.25, 0.3) is 213 Å². The van der Waals surface area contributed by atoms with Crippen LogP contribution in [0.2, 0.25) is 0 Å². The van der Waals surface area contributed by atoms with Crippen LogP contribution in [0.1, 0.15) is 22.3 Å². The predicted molar refractivity (Wildman–Crippen MR) is 538 cm³/mol. The van der Waals surface area contributed by atoms with Gasteiger partial charge in [-0.2, -0.15) is 0 Å². The second-order valence-electron chi connectivity index (χ2n) is 33.4. The lowest BCUT2D eigenvalue weighted by Gasteiger charge is -2.10. The largest absolute Gasteiger partial charge is 0.309 e. The predicted octanol–water partition coefficient (Wildman–Crippen LogP) is 32.0. The van der Waals surface area contributed by atoms with E-state index in [0.29, 0.717) is 0 Å². The van der Waals surface area contributed by atoms with E-state index < -0.39 is 0 Å². The molecule has 0 amide bonds. The van der Waals surface area contributed by atoms with E-state index in [4.69, 9.17) is 0 Å². The molecule has 0 N–H and O–H groups in total. The Bertz CT molecular complexity index is 8970. The van der Waals surface area contributed by atoms with Gasteiger partial charge in [0.05, 0.1) is 77.2 Å². The number of thiophene rings is 1. The van der Waals surface area contributed by atoms with Crippen LogP contribution in [0.4, 0.5) is 0 Å². The molecule has 8 heterocycles. The van der Waals surface area contributed by atoms with Gasteiger partial charge in [-0.15, -0.1) is 11.3 Å². The summed E-state index contributed by atoms with van der Waals surface area (Å²) in [5.74, 6) is 0. The number of benzene rings is 19. The third-order valence-electron chi connectivity index (χ3n) is 25.7. The molecule has 0 radical (unpaired) electrons. The van der Waals surface area contributed by atoms with Crippen molar-refractivity contribution in [3.05, 3.63) is 453 Å². The van der Waals surface area contributed by atoms with Gasteiger partial charge < -0.3 is 32.0 Å². The summed E-state index contributed by atoms with van der Waals surface area (Å²) >= 11 is 1.89. The molecular weight excluding hydrogens is 1550 g/mol. The van der Waals surface area contributed by atoms with Crippen LogP contribution in [0, 0.1) is 27.7 Å². The van der Waals surface area contributed by atoms with Crippen LogP contribution in [0.5, 0.6) is 0 Å². The smallest absolute Gasteiger partial charge is 0.0641 e. The van der Waals surface area contributed by atoms with Crippen LogP contribution in [0.3, 0.4) is 0 Å². The highest BCUT2D eigenvalue weighted by molar-refractivity contribution is 7.25. The Balaban J connectivity index is 0.0000000942. The molecule has 0 aliphatic rings. The minimum absolute atomic E-state index is 1.18. The number of aromatic nitrogens is 7. The maximum atomic E-state index is 2.43. The number of aryl methyl sites for hydroxylation is 4. The Labute approximate surface area is 731 Å². The van der Waals surface area contributed by atoms with E-state index in [-0.39, 0.29) is 0 Å². The maximum absolute atomic E-state index is 2.43. The lowest BCUT2D eigenvalue weighted by Crippen LogP contribution is -1.95. The van der Waals surface area contributed by atoms with E-state index in [1.165, 1.54) is 235 Å². The number of hydrogen-bond acceptors (Lipinski definition) is 1. The minimum atomic E-state index is 1.18. The number of hydrogen-bond donors (Lipinski definition) is 0. The average molecular weight is 1630 g/mol. The molecule has 0 bridgehead atoms. The van der Waals surface area contributed by atoms with Gasteiger partial charge in [-0.05, 0) is 215 Å². The quantitative estimate of drug-likeness (QED) is 0.152. The van der Waals surface area contributed by atoms with Crippen LogP contribution >= 0.6 is 11.3 Å². The monoisotopic (exact) mass is 1630 g/mol. The zero-order valence-electron chi connectivity index (χ0n) is 70.0. The Hall–Kier alpha value is -16.0. The van der Waals surface area contributed by atoms with Crippen LogP contribution in [0.15, 0.2) is 431 Å². The summed E-state index contributed by atoms with van der Waals surface area (Å²) in [6, 6.07) is 156. The molecule has 0 fully saturated rings.